The Bertz CT molecular complexity index is 2510. The lowest BCUT2D eigenvalue weighted by Gasteiger charge is -2.37. The van der Waals surface area contributed by atoms with Crippen molar-refractivity contribution in [3.8, 4) is 11.1 Å². The number of nitrogens with one attached hydrogen (secondary N) is 4. The summed E-state index contributed by atoms with van der Waals surface area (Å²) in [6.07, 6.45) is 13.7. The molecule has 0 unspecified atom stereocenters. The van der Waals surface area contributed by atoms with E-state index < -0.39 is 24.2 Å². The van der Waals surface area contributed by atoms with E-state index in [4.69, 9.17) is 0 Å². The minimum Gasteiger partial charge on any atom is -0.343 e. The summed E-state index contributed by atoms with van der Waals surface area (Å²) in [7, 11) is 3.45. The zero-order valence-corrected chi connectivity index (χ0v) is 47.4. The molecule has 4 aliphatic rings. The summed E-state index contributed by atoms with van der Waals surface area (Å²) in [5.41, 5.74) is 4.39. The van der Waals surface area contributed by atoms with E-state index in [0.717, 1.165) is 99.3 Å². The van der Waals surface area contributed by atoms with E-state index in [1.165, 1.54) is 24.3 Å². The number of benzene rings is 4. The van der Waals surface area contributed by atoms with Gasteiger partial charge in [-0.1, -0.05) is 87.1 Å². The summed E-state index contributed by atoms with van der Waals surface area (Å²) >= 11 is 0. The molecule has 0 spiro atoms. The number of amides is 6. The van der Waals surface area contributed by atoms with E-state index >= 15 is 0 Å². The van der Waals surface area contributed by atoms with Crippen LogP contribution in [0.4, 0.5) is 8.78 Å². The third-order valence-corrected chi connectivity index (χ3v) is 17.5. The minimum atomic E-state index is -0.645. The molecular formula is C64H84F2N8O6. The maximum absolute atomic E-state index is 14.7. The number of carbonyl (C=O) groups is 6. The van der Waals surface area contributed by atoms with Crippen molar-refractivity contribution in [2.45, 2.75) is 153 Å². The van der Waals surface area contributed by atoms with Crippen molar-refractivity contribution in [3.05, 3.63) is 131 Å². The predicted molar refractivity (Wildman–Crippen MR) is 307 cm³/mol. The Balaban J connectivity index is 0.979. The van der Waals surface area contributed by atoms with Crippen LogP contribution in [-0.2, 0) is 32.0 Å². The van der Waals surface area contributed by atoms with E-state index in [2.05, 4.69) is 21.3 Å². The molecule has 0 aromatic heterocycles. The lowest BCUT2D eigenvalue weighted by molar-refractivity contribution is -0.139. The molecule has 2 saturated heterocycles. The number of hydrogen-bond acceptors (Lipinski definition) is 8. The lowest BCUT2D eigenvalue weighted by Crippen LogP contribution is -2.57. The van der Waals surface area contributed by atoms with Gasteiger partial charge in [-0.2, -0.15) is 0 Å². The molecule has 2 aliphatic carbocycles. The minimum absolute atomic E-state index is 0.0388. The Morgan fingerprint density at radius 3 is 1.18 bits per heavy atom. The second kappa shape index (κ2) is 28.8. The Labute approximate surface area is 472 Å². The maximum Gasteiger partial charge on any atom is 0.253 e. The molecule has 16 heteroatoms. The zero-order valence-electron chi connectivity index (χ0n) is 47.4. The molecule has 80 heavy (non-hydrogen) atoms. The van der Waals surface area contributed by atoms with Crippen molar-refractivity contribution in [2.75, 3.05) is 53.4 Å². The van der Waals surface area contributed by atoms with E-state index in [1.54, 1.807) is 86.3 Å². The largest absolute Gasteiger partial charge is 0.343 e. The fourth-order valence-electron chi connectivity index (χ4n) is 12.4. The summed E-state index contributed by atoms with van der Waals surface area (Å²) in [6.45, 7) is 5.92. The Kier molecular flexibility index (Phi) is 21.4. The number of rotatable bonds is 23. The van der Waals surface area contributed by atoms with E-state index in [1.807, 2.05) is 34.1 Å². The van der Waals surface area contributed by atoms with Gasteiger partial charge in [0, 0.05) is 62.5 Å². The predicted octanol–water partition coefficient (Wildman–Crippen LogP) is 8.33. The summed E-state index contributed by atoms with van der Waals surface area (Å²) in [6, 6.07) is 24.6. The standard InChI is InChI=1S/C64H84F2N8O6/c1-43(67-3)59(75)69-57(49-13-7-5-8-14-49)63(79)73-37-11-17-55(73)41-71(39-35-45-19-31-53(65)32-20-45)61(77)51-27-23-47(24-28-51)48-25-29-52(30-26-48)62(78)72(40-36-46-21-33-54(66)34-22-46)42-56-18-12-38-74(56)64(80)58(50-15-9-6-10-16-50)70-60(76)44(2)68-4/h19-34,43-44,49-50,55-58,67-68H,5-18,35-42H2,1-4H3,(H,69,75)(H,70,76)/t43-,44-,55-,56-,57-,58-/m0/s1. The first-order valence-electron chi connectivity index (χ1n) is 29.6. The molecule has 2 aliphatic heterocycles. The van der Waals surface area contributed by atoms with Crippen LogP contribution in [0.3, 0.4) is 0 Å². The van der Waals surface area contributed by atoms with Crippen molar-refractivity contribution in [3.63, 3.8) is 0 Å². The van der Waals surface area contributed by atoms with Gasteiger partial charge in [0.05, 0.1) is 12.1 Å². The molecule has 4 N–H and O–H groups in total. The van der Waals surface area contributed by atoms with Crippen LogP contribution < -0.4 is 21.3 Å². The number of likely N-dealkylation sites (tertiary alicyclic amines) is 2. The lowest BCUT2D eigenvalue weighted by atomic mass is 9.83. The number of likely N-dealkylation sites (N-methyl/N-ethyl adjacent to an activating group) is 2. The number of halogens is 2. The van der Waals surface area contributed by atoms with Crippen molar-refractivity contribution < 1.29 is 37.5 Å². The molecule has 4 aromatic carbocycles. The Morgan fingerprint density at radius 2 is 0.838 bits per heavy atom. The topological polar surface area (TPSA) is 163 Å². The van der Waals surface area contributed by atoms with Crippen LogP contribution in [0, 0.1) is 23.5 Å². The van der Waals surface area contributed by atoms with Gasteiger partial charge in [-0.15, -0.1) is 0 Å². The molecule has 14 nitrogen and oxygen atoms in total. The summed E-state index contributed by atoms with van der Waals surface area (Å²) in [4.78, 5) is 92.4. The van der Waals surface area contributed by atoms with Crippen molar-refractivity contribution >= 4 is 35.4 Å². The second-order valence-corrected chi connectivity index (χ2v) is 22.9. The maximum atomic E-state index is 14.7. The van der Waals surface area contributed by atoms with Crippen LogP contribution >= 0.6 is 0 Å². The molecule has 430 valence electrons. The molecule has 6 atom stereocenters. The van der Waals surface area contributed by atoms with Crippen LogP contribution in [0.15, 0.2) is 97.1 Å². The molecule has 4 aromatic rings. The summed E-state index contributed by atoms with van der Waals surface area (Å²) in [5.74, 6) is -1.59. The van der Waals surface area contributed by atoms with Gasteiger partial charge in [0.2, 0.25) is 23.6 Å². The Hall–Kier alpha value is -6.52. The van der Waals surface area contributed by atoms with E-state index in [-0.39, 0.29) is 71.0 Å². The molecule has 8 rings (SSSR count). The highest BCUT2D eigenvalue weighted by Crippen LogP contribution is 2.32. The molecule has 0 bridgehead atoms. The van der Waals surface area contributed by atoms with Crippen LogP contribution in [0.1, 0.15) is 136 Å². The molecule has 2 heterocycles. The highest BCUT2D eigenvalue weighted by atomic mass is 19.1. The van der Waals surface area contributed by atoms with Gasteiger partial charge in [-0.25, -0.2) is 8.78 Å². The van der Waals surface area contributed by atoms with Gasteiger partial charge in [0.25, 0.3) is 11.8 Å². The quantitative estimate of drug-likeness (QED) is 0.0577. The first-order chi connectivity index (χ1) is 38.7. The average molecular weight is 1100 g/mol. The second-order valence-electron chi connectivity index (χ2n) is 22.9. The van der Waals surface area contributed by atoms with Gasteiger partial charge in [0.15, 0.2) is 0 Å². The highest BCUT2D eigenvalue weighted by Gasteiger charge is 2.41. The van der Waals surface area contributed by atoms with Crippen LogP contribution in [-0.4, -0.2) is 145 Å². The summed E-state index contributed by atoms with van der Waals surface area (Å²) < 4.78 is 27.9. The van der Waals surface area contributed by atoms with E-state index in [9.17, 15) is 37.5 Å². The SMILES string of the molecule is CN[C@@H](C)C(=O)N[C@H](C(=O)N1CCC[C@H]1CN(CCc1ccc(F)cc1)C(=O)c1ccc(-c2ccc(C(=O)N(CCc3ccc(F)cc3)C[C@@H]3CCCN3C(=O)[C@@H](NC(=O)[C@H](C)NC)C3CCCCC3)cc2)cc1)C1CCCCC1. The molecular weight excluding hydrogens is 1010 g/mol. The molecule has 0 radical (unpaired) electrons. The van der Waals surface area contributed by atoms with Gasteiger partial charge in [0.1, 0.15) is 23.7 Å². The number of carbonyl (C=O) groups excluding carboxylic acids is 6. The van der Waals surface area contributed by atoms with Crippen molar-refractivity contribution in [1.29, 1.82) is 0 Å². The monoisotopic (exact) mass is 1100 g/mol. The molecule has 4 fully saturated rings. The molecule has 6 amide bonds. The van der Waals surface area contributed by atoms with Crippen LogP contribution in [0.2, 0.25) is 0 Å². The average Bonchev–Trinajstić information content (AvgIpc) is 4.18. The van der Waals surface area contributed by atoms with Gasteiger partial charge in [-0.3, -0.25) is 28.8 Å². The van der Waals surface area contributed by atoms with Crippen LogP contribution in [0.5, 0.6) is 0 Å². The summed E-state index contributed by atoms with van der Waals surface area (Å²) in [5, 5.41) is 12.2. The van der Waals surface area contributed by atoms with Crippen molar-refractivity contribution in [2.24, 2.45) is 11.8 Å². The fraction of sp³-hybridized carbons (Fsp3) is 0.531. The first kappa shape index (κ1) is 59.6. The third kappa shape index (κ3) is 15.5. The molecule has 2 saturated carbocycles. The first-order valence-corrected chi connectivity index (χ1v) is 29.6. The van der Waals surface area contributed by atoms with Gasteiger partial charge in [-0.05, 0) is 175 Å². The Morgan fingerprint density at radius 1 is 0.487 bits per heavy atom. The van der Waals surface area contributed by atoms with Crippen molar-refractivity contribution in [1.82, 2.24) is 40.9 Å². The van der Waals surface area contributed by atoms with Gasteiger partial charge >= 0.3 is 0 Å². The van der Waals surface area contributed by atoms with E-state index in [0.29, 0.717) is 76.1 Å². The third-order valence-electron chi connectivity index (χ3n) is 17.5. The highest BCUT2D eigenvalue weighted by molar-refractivity contribution is 5.96. The smallest absolute Gasteiger partial charge is 0.253 e. The van der Waals surface area contributed by atoms with Crippen LogP contribution in [0.25, 0.3) is 11.1 Å². The number of hydrogen-bond donors (Lipinski definition) is 4. The fourth-order valence-corrected chi connectivity index (χ4v) is 12.4. The zero-order chi connectivity index (χ0) is 56.7. The number of nitrogens with zero attached hydrogens (tertiary/aromatic N) is 4. The van der Waals surface area contributed by atoms with Gasteiger partial charge < -0.3 is 40.9 Å². The normalized spacial score (nSPS) is 19.4.